The number of hydrogen-bond acceptors (Lipinski definition) is 4. The van der Waals surface area contributed by atoms with Gasteiger partial charge in [-0.25, -0.2) is 9.37 Å². The standard InChI is InChI=1S/C25H35FN6.HI/c1-19-8-12-31(13-9-19)17-21-6-3-5-20(15-21)16-29-25(27-2)30-22-10-14-32(18-22)24-23(26)7-4-11-28-24;/h3-7,11,15,19,22H,8-10,12-14,16-18H2,1-2H3,(H2,27,29,30);1H. The Bertz CT molecular complexity index is 915. The molecule has 4 rings (SSSR count). The monoisotopic (exact) mass is 566 g/mol. The summed E-state index contributed by atoms with van der Waals surface area (Å²) in [4.78, 5) is 13.1. The van der Waals surface area contributed by atoms with Crippen molar-refractivity contribution in [2.45, 2.75) is 45.3 Å². The summed E-state index contributed by atoms with van der Waals surface area (Å²) < 4.78 is 14.0. The highest BCUT2D eigenvalue weighted by Crippen LogP contribution is 2.21. The third-order valence-corrected chi connectivity index (χ3v) is 6.53. The smallest absolute Gasteiger partial charge is 0.191 e. The number of nitrogens with one attached hydrogen (secondary N) is 2. The molecule has 180 valence electrons. The number of halogens is 2. The molecule has 3 heterocycles. The van der Waals surface area contributed by atoms with Gasteiger partial charge < -0.3 is 15.5 Å². The molecular weight excluding hydrogens is 530 g/mol. The molecule has 33 heavy (non-hydrogen) atoms. The minimum absolute atomic E-state index is 0. The molecule has 2 aliphatic rings. The number of aromatic nitrogens is 1. The van der Waals surface area contributed by atoms with Gasteiger partial charge in [-0.3, -0.25) is 9.89 Å². The molecule has 1 atom stereocenters. The van der Waals surface area contributed by atoms with Gasteiger partial charge in [0.15, 0.2) is 17.6 Å². The van der Waals surface area contributed by atoms with E-state index in [9.17, 15) is 4.39 Å². The number of rotatable bonds is 6. The molecule has 1 aromatic heterocycles. The van der Waals surface area contributed by atoms with Crippen molar-refractivity contribution in [2.75, 3.05) is 38.1 Å². The maximum absolute atomic E-state index is 14.0. The van der Waals surface area contributed by atoms with Crippen molar-refractivity contribution in [3.63, 3.8) is 0 Å². The molecule has 1 aromatic carbocycles. The molecule has 0 radical (unpaired) electrons. The average Bonchev–Trinajstić information content (AvgIpc) is 3.27. The van der Waals surface area contributed by atoms with E-state index in [-0.39, 0.29) is 35.8 Å². The van der Waals surface area contributed by atoms with Crippen molar-refractivity contribution in [3.8, 4) is 0 Å². The second kappa shape index (κ2) is 12.5. The van der Waals surface area contributed by atoms with Crippen LogP contribution in [0, 0.1) is 11.7 Å². The highest BCUT2D eigenvalue weighted by Gasteiger charge is 2.26. The number of anilines is 1. The Morgan fingerprint density at radius 3 is 2.67 bits per heavy atom. The number of aliphatic imine (C=N–C) groups is 1. The first kappa shape index (κ1) is 25.7. The lowest BCUT2D eigenvalue weighted by atomic mass is 9.98. The molecule has 0 amide bonds. The zero-order chi connectivity index (χ0) is 22.3. The predicted molar refractivity (Wildman–Crippen MR) is 144 cm³/mol. The topological polar surface area (TPSA) is 55.8 Å². The minimum atomic E-state index is -0.269. The van der Waals surface area contributed by atoms with Gasteiger partial charge in [0.2, 0.25) is 0 Å². The lowest BCUT2D eigenvalue weighted by Gasteiger charge is -2.30. The minimum Gasteiger partial charge on any atom is -0.352 e. The van der Waals surface area contributed by atoms with Crippen molar-refractivity contribution in [3.05, 3.63) is 59.5 Å². The molecule has 2 saturated heterocycles. The summed E-state index contributed by atoms with van der Waals surface area (Å²) in [6, 6.07) is 12.1. The number of likely N-dealkylation sites (tertiary alicyclic amines) is 1. The molecule has 2 fully saturated rings. The zero-order valence-corrected chi connectivity index (χ0v) is 22.0. The largest absolute Gasteiger partial charge is 0.352 e. The lowest BCUT2D eigenvalue weighted by molar-refractivity contribution is 0.185. The van der Waals surface area contributed by atoms with Gasteiger partial charge in [-0.2, -0.15) is 0 Å². The van der Waals surface area contributed by atoms with Crippen LogP contribution in [-0.4, -0.2) is 55.1 Å². The van der Waals surface area contributed by atoms with Crippen LogP contribution >= 0.6 is 24.0 Å². The number of piperidine rings is 1. The summed E-state index contributed by atoms with van der Waals surface area (Å²) in [7, 11) is 1.79. The Labute approximate surface area is 214 Å². The normalized spacial score (nSPS) is 19.9. The second-order valence-electron chi connectivity index (χ2n) is 9.09. The molecule has 0 spiro atoms. The molecule has 2 N–H and O–H groups in total. The van der Waals surface area contributed by atoms with E-state index in [2.05, 4.69) is 56.7 Å². The van der Waals surface area contributed by atoms with Crippen LogP contribution in [0.5, 0.6) is 0 Å². The summed E-state index contributed by atoms with van der Waals surface area (Å²) in [5, 5.41) is 6.91. The SMILES string of the molecule is CN=C(NCc1cccc(CN2CCC(C)CC2)c1)NC1CCN(c2ncccc2F)C1.I. The number of nitrogens with zero attached hydrogens (tertiary/aromatic N) is 4. The zero-order valence-electron chi connectivity index (χ0n) is 19.6. The van der Waals surface area contributed by atoms with Gasteiger partial charge in [0.1, 0.15) is 0 Å². The summed E-state index contributed by atoms with van der Waals surface area (Å²) in [5.41, 5.74) is 2.62. The van der Waals surface area contributed by atoms with E-state index in [1.807, 2.05) is 4.90 Å². The van der Waals surface area contributed by atoms with Crippen LogP contribution in [0.15, 0.2) is 47.6 Å². The molecule has 0 aliphatic carbocycles. The number of hydrogen-bond donors (Lipinski definition) is 2. The van der Waals surface area contributed by atoms with E-state index in [0.717, 1.165) is 37.9 Å². The fraction of sp³-hybridized carbons (Fsp3) is 0.520. The van der Waals surface area contributed by atoms with E-state index in [4.69, 9.17) is 0 Å². The fourth-order valence-electron chi connectivity index (χ4n) is 4.57. The summed E-state index contributed by atoms with van der Waals surface area (Å²) in [5.74, 6) is 1.79. The van der Waals surface area contributed by atoms with E-state index < -0.39 is 0 Å². The molecule has 0 bridgehead atoms. The number of guanidine groups is 1. The van der Waals surface area contributed by atoms with Crippen LogP contribution in [-0.2, 0) is 13.1 Å². The van der Waals surface area contributed by atoms with Crippen molar-refractivity contribution < 1.29 is 4.39 Å². The van der Waals surface area contributed by atoms with Crippen LogP contribution in [0.1, 0.15) is 37.3 Å². The quantitative estimate of drug-likeness (QED) is 0.315. The predicted octanol–water partition coefficient (Wildman–Crippen LogP) is 4.01. The third kappa shape index (κ3) is 7.27. The van der Waals surface area contributed by atoms with Crippen molar-refractivity contribution in [1.29, 1.82) is 0 Å². The van der Waals surface area contributed by atoms with Crippen LogP contribution in [0.3, 0.4) is 0 Å². The summed E-state index contributed by atoms with van der Waals surface area (Å²) in [6.07, 6.45) is 5.16. The molecule has 6 nitrogen and oxygen atoms in total. The second-order valence-corrected chi connectivity index (χ2v) is 9.09. The van der Waals surface area contributed by atoms with Crippen molar-refractivity contribution in [2.24, 2.45) is 10.9 Å². The lowest BCUT2D eigenvalue weighted by Crippen LogP contribution is -2.44. The van der Waals surface area contributed by atoms with Gasteiger partial charge in [0, 0.05) is 45.5 Å². The van der Waals surface area contributed by atoms with Gasteiger partial charge in [-0.1, -0.05) is 31.2 Å². The third-order valence-electron chi connectivity index (χ3n) is 6.53. The van der Waals surface area contributed by atoms with Crippen molar-refractivity contribution in [1.82, 2.24) is 20.5 Å². The number of pyridine rings is 1. The molecule has 0 saturated carbocycles. The first-order chi connectivity index (χ1) is 15.6. The number of benzene rings is 1. The van der Waals surface area contributed by atoms with Crippen molar-refractivity contribution >= 4 is 35.8 Å². The Morgan fingerprint density at radius 2 is 1.91 bits per heavy atom. The van der Waals surface area contributed by atoms with Crippen LogP contribution < -0.4 is 15.5 Å². The molecule has 1 unspecified atom stereocenters. The maximum atomic E-state index is 14.0. The van der Waals surface area contributed by atoms with Gasteiger partial charge in [-0.15, -0.1) is 24.0 Å². The Morgan fingerprint density at radius 1 is 1.12 bits per heavy atom. The average molecular weight is 567 g/mol. The first-order valence-corrected chi connectivity index (χ1v) is 11.7. The molecular formula is C25H36FIN6. The van der Waals surface area contributed by atoms with Gasteiger partial charge in [-0.05, 0) is 61.5 Å². The van der Waals surface area contributed by atoms with E-state index in [1.54, 1.807) is 19.3 Å². The fourth-order valence-corrected chi connectivity index (χ4v) is 4.57. The first-order valence-electron chi connectivity index (χ1n) is 11.7. The van der Waals surface area contributed by atoms with Crippen LogP contribution in [0.25, 0.3) is 0 Å². The summed E-state index contributed by atoms with van der Waals surface area (Å²) in [6.45, 7) is 7.97. The van der Waals surface area contributed by atoms with E-state index in [0.29, 0.717) is 12.4 Å². The molecule has 2 aromatic rings. The Hall–Kier alpha value is -1.94. The van der Waals surface area contributed by atoms with Gasteiger partial charge in [0.25, 0.3) is 0 Å². The van der Waals surface area contributed by atoms with E-state index in [1.165, 1.54) is 43.1 Å². The Balaban J connectivity index is 0.00000306. The summed E-state index contributed by atoms with van der Waals surface area (Å²) >= 11 is 0. The Kier molecular flexibility index (Phi) is 9.73. The van der Waals surface area contributed by atoms with E-state index >= 15 is 0 Å². The molecule has 8 heteroatoms. The highest BCUT2D eigenvalue weighted by atomic mass is 127. The van der Waals surface area contributed by atoms with Gasteiger partial charge >= 0.3 is 0 Å². The van der Waals surface area contributed by atoms with Crippen LogP contribution in [0.2, 0.25) is 0 Å². The molecule has 2 aliphatic heterocycles. The van der Waals surface area contributed by atoms with Gasteiger partial charge in [0.05, 0.1) is 0 Å². The van der Waals surface area contributed by atoms with Crippen LogP contribution in [0.4, 0.5) is 10.2 Å². The maximum Gasteiger partial charge on any atom is 0.191 e. The highest BCUT2D eigenvalue weighted by molar-refractivity contribution is 14.0.